The summed E-state index contributed by atoms with van der Waals surface area (Å²) in [6, 6.07) is 0. The van der Waals surface area contributed by atoms with E-state index in [4.69, 9.17) is 0 Å². The first-order chi connectivity index (χ1) is 9.13. The molecule has 0 amide bonds. The number of nitrogens with zero attached hydrogens (tertiary/aromatic N) is 3. The van der Waals surface area contributed by atoms with Gasteiger partial charge >= 0.3 is 0 Å². The highest BCUT2D eigenvalue weighted by atomic mass is 16.3. The molecule has 1 atom stereocenters. The van der Waals surface area contributed by atoms with Crippen LogP contribution in [0.5, 0.6) is 0 Å². The molecule has 0 bridgehead atoms. The highest BCUT2D eigenvalue weighted by Crippen LogP contribution is 2.25. The van der Waals surface area contributed by atoms with Gasteiger partial charge in [-0.2, -0.15) is 0 Å². The zero-order valence-electron chi connectivity index (χ0n) is 12.7. The lowest BCUT2D eigenvalue weighted by atomic mass is 10.1. The lowest BCUT2D eigenvalue weighted by molar-refractivity contribution is 0.0579. The molecule has 112 valence electrons. The Labute approximate surface area is 118 Å². The number of aliphatic hydroxyl groups excluding tert-OH is 1. The third-order valence-corrected chi connectivity index (χ3v) is 4.63. The molecule has 0 aromatic heterocycles. The molecular weight excluding hydrogens is 238 g/mol. The van der Waals surface area contributed by atoms with Gasteiger partial charge < -0.3 is 14.9 Å². The molecule has 1 aliphatic heterocycles. The molecule has 4 heteroatoms. The van der Waals surface area contributed by atoms with Crippen LogP contribution >= 0.6 is 0 Å². The van der Waals surface area contributed by atoms with Crippen LogP contribution in [0.1, 0.15) is 25.7 Å². The Bertz CT molecular complexity index is 248. The first kappa shape index (κ1) is 15.2. The summed E-state index contributed by atoms with van der Waals surface area (Å²) >= 11 is 0. The molecule has 0 spiro atoms. The molecule has 2 rings (SSSR count). The van der Waals surface area contributed by atoms with Crippen molar-refractivity contribution in [2.24, 2.45) is 5.92 Å². The minimum Gasteiger partial charge on any atom is -0.390 e. The van der Waals surface area contributed by atoms with E-state index >= 15 is 0 Å². The van der Waals surface area contributed by atoms with Gasteiger partial charge in [-0.15, -0.1) is 0 Å². The normalized spacial score (nSPS) is 25.3. The van der Waals surface area contributed by atoms with Gasteiger partial charge in [0.15, 0.2) is 0 Å². The minimum atomic E-state index is -0.199. The molecule has 0 radical (unpaired) electrons. The average Bonchev–Trinajstić information content (AvgIpc) is 2.84. The molecule has 0 aromatic rings. The van der Waals surface area contributed by atoms with E-state index < -0.39 is 0 Å². The van der Waals surface area contributed by atoms with E-state index in [9.17, 15) is 5.11 Å². The second-order valence-electron chi connectivity index (χ2n) is 6.63. The van der Waals surface area contributed by atoms with Crippen LogP contribution in [0.25, 0.3) is 0 Å². The van der Waals surface area contributed by atoms with Gasteiger partial charge in [-0.05, 0) is 32.9 Å². The highest BCUT2D eigenvalue weighted by Gasteiger charge is 2.20. The van der Waals surface area contributed by atoms with Crippen LogP contribution < -0.4 is 0 Å². The van der Waals surface area contributed by atoms with Gasteiger partial charge in [0.25, 0.3) is 0 Å². The van der Waals surface area contributed by atoms with Crippen molar-refractivity contribution in [1.29, 1.82) is 0 Å². The van der Waals surface area contributed by atoms with E-state index in [1.54, 1.807) is 0 Å². The number of aliphatic hydroxyl groups is 1. The van der Waals surface area contributed by atoms with Crippen molar-refractivity contribution < 1.29 is 5.11 Å². The van der Waals surface area contributed by atoms with Crippen LogP contribution in [-0.4, -0.2) is 85.8 Å². The fourth-order valence-corrected chi connectivity index (χ4v) is 3.45. The molecule has 4 nitrogen and oxygen atoms in total. The molecule has 19 heavy (non-hydrogen) atoms. The molecule has 1 saturated carbocycles. The predicted octanol–water partition coefficient (Wildman–Crippen LogP) is 0.717. The third kappa shape index (κ3) is 5.38. The predicted molar refractivity (Wildman–Crippen MR) is 79.4 cm³/mol. The molecule has 1 unspecified atom stereocenters. The van der Waals surface area contributed by atoms with E-state index in [1.807, 2.05) is 0 Å². The van der Waals surface area contributed by atoms with Gasteiger partial charge in [0, 0.05) is 45.8 Å². The van der Waals surface area contributed by atoms with Crippen molar-refractivity contribution >= 4 is 0 Å². The number of piperazine rings is 1. The maximum atomic E-state index is 10.2. The standard InChI is InChI=1S/C15H31N3O/c1-16-7-9-18(10-8-16)13-15(19)12-17(2)11-14-5-3-4-6-14/h14-15,19H,3-13H2,1-2H3. The van der Waals surface area contributed by atoms with E-state index in [0.29, 0.717) is 0 Å². The lowest BCUT2D eigenvalue weighted by Gasteiger charge is -2.34. The average molecular weight is 269 g/mol. The molecule has 2 aliphatic rings. The Morgan fingerprint density at radius 1 is 1.16 bits per heavy atom. The summed E-state index contributed by atoms with van der Waals surface area (Å²) in [6.45, 7) is 7.28. The van der Waals surface area contributed by atoms with Crippen LogP contribution in [0, 0.1) is 5.92 Å². The van der Waals surface area contributed by atoms with Crippen molar-refractivity contribution in [1.82, 2.24) is 14.7 Å². The smallest absolute Gasteiger partial charge is 0.0793 e. The van der Waals surface area contributed by atoms with Gasteiger partial charge in [0.2, 0.25) is 0 Å². The molecular formula is C15H31N3O. The molecule has 1 N–H and O–H groups in total. The van der Waals surface area contributed by atoms with Crippen LogP contribution in [0.4, 0.5) is 0 Å². The number of hydrogen-bond donors (Lipinski definition) is 1. The number of rotatable bonds is 6. The van der Waals surface area contributed by atoms with Gasteiger partial charge in [-0.25, -0.2) is 0 Å². The van der Waals surface area contributed by atoms with Crippen LogP contribution in [0.2, 0.25) is 0 Å². The van der Waals surface area contributed by atoms with Gasteiger partial charge in [0.05, 0.1) is 6.10 Å². The van der Waals surface area contributed by atoms with Gasteiger partial charge in [-0.1, -0.05) is 12.8 Å². The first-order valence-electron chi connectivity index (χ1n) is 7.91. The summed E-state index contributed by atoms with van der Waals surface area (Å²) in [7, 11) is 4.33. The maximum Gasteiger partial charge on any atom is 0.0793 e. The summed E-state index contributed by atoms with van der Waals surface area (Å²) in [5, 5.41) is 10.2. The van der Waals surface area contributed by atoms with Gasteiger partial charge in [-0.3, -0.25) is 4.90 Å². The van der Waals surface area contributed by atoms with E-state index in [2.05, 4.69) is 28.8 Å². The SMILES string of the molecule is CN1CCN(CC(O)CN(C)CC2CCCC2)CC1. The number of β-amino-alcohol motifs (C(OH)–C–C–N with tert-alkyl or cyclic N) is 1. The van der Waals surface area contributed by atoms with E-state index in [-0.39, 0.29) is 6.10 Å². The van der Waals surface area contributed by atoms with Crippen molar-refractivity contribution in [3.8, 4) is 0 Å². The van der Waals surface area contributed by atoms with E-state index in [1.165, 1.54) is 32.2 Å². The van der Waals surface area contributed by atoms with Crippen LogP contribution in [0.3, 0.4) is 0 Å². The number of likely N-dealkylation sites (N-methyl/N-ethyl adjacent to an activating group) is 2. The van der Waals surface area contributed by atoms with Crippen LogP contribution in [0.15, 0.2) is 0 Å². The fraction of sp³-hybridized carbons (Fsp3) is 1.00. The number of hydrogen-bond acceptors (Lipinski definition) is 4. The second-order valence-corrected chi connectivity index (χ2v) is 6.63. The van der Waals surface area contributed by atoms with Gasteiger partial charge in [0.1, 0.15) is 0 Å². The van der Waals surface area contributed by atoms with Crippen molar-refractivity contribution in [3.63, 3.8) is 0 Å². The maximum absolute atomic E-state index is 10.2. The van der Waals surface area contributed by atoms with Crippen LogP contribution in [-0.2, 0) is 0 Å². The Morgan fingerprint density at radius 3 is 2.42 bits per heavy atom. The zero-order chi connectivity index (χ0) is 13.7. The minimum absolute atomic E-state index is 0.199. The third-order valence-electron chi connectivity index (χ3n) is 4.63. The molecule has 1 saturated heterocycles. The van der Waals surface area contributed by atoms with E-state index in [0.717, 1.165) is 45.2 Å². The first-order valence-corrected chi connectivity index (χ1v) is 7.91. The quantitative estimate of drug-likeness (QED) is 0.769. The second kappa shape index (κ2) is 7.58. The summed E-state index contributed by atoms with van der Waals surface area (Å²) in [5.74, 6) is 0.876. The van der Waals surface area contributed by atoms with Crippen molar-refractivity contribution in [2.75, 3.05) is 59.9 Å². The topological polar surface area (TPSA) is 30.0 Å². The molecule has 1 heterocycles. The Hall–Kier alpha value is -0.160. The molecule has 0 aromatic carbocycles. The highest BCUT2D eigenvalue weighted by molar-refractivity contribution is 4.75. The molecule has 2 fully saturated rings. The molecule has 1 aliphatic carbocycles. The zero-order valence-corrected chi connectivity index (χ0v) is 12.7. The Kier molecular flexibility index (Phi) is 6.07. The summed E-state index contributed by atoms with van der Waals surface area (Å²) < 4.78 is 0. The van der Waals surface area contributed by atoms with Crippen molar-refractivity contribution in [2.45, 2.75) is 31.8 Å². The largest absolute Gasteiger partial charge is 0.390 e. The Morgan fingerprint density at radius 2 is 1.79 bits per heavy atom. The lowest BCUT2D eigenvalue weighted by Crippen LogP contribution is -2.48. The fourth-order valence-electron chi connectivity index (χ4n) is 3.45. The summed E-state index contributed by atoms with van der Waals surface area (Å²) in [5.41, 5.74) is 0. The summed E-state index contributed by atoms with van der Waals surface area (Å²) in [6.07, 6.45) is 5.39. The summed E-state index contributed by atoms with van der Waals surface area (Å²) in [4.78, 5) is 7.08. The Balaban J connectivity index is 1.61. The monoisotopic (exact) mass is 269 g/mol. The van der Waals surface area contributed by atoms with Crippen molar-refractivity contribution in [3.05, 3.63) is 0 Å².